The molecule has 234 valence electrons. The van der Waals surface area contributed by atoms with Gasteiger partial charge in [-0.25, -0.2) is 4.18 Å². The monoisotopic (exact) mass is 595 g/mol. The molecular formula is C32H53NO7S. The maximum atomic E-state index is 12.6. The Labute approximate surface area is 247 Å². The second kappa shape index (κ2) is 13.3. The van der Waals surface area contributed by atoms with Gasteiger partial charge in [-0.2, -0.15) is 18.2 Å². The van der Waals surface area contributed by atoms with Gasteiger partial charge in [0.15, 0.2) is 0 Å². The Morgan fingerprint density at radius 1 is 1.17 bits per heavy atom. The Bertz CT molecular complexity index is 1160. The molecule has 0 aliphatic heterocycles. The standard InChI is InChI=1S/C32H53NO7S/c1-22-11-14-29-30(3,4)16-9-18-32(29,6)26(22)21-28(39-41(37,38)40-33-7)23(2)10-8-17-31(5,36)19-15-24-20-25(34)12-13-27(24)35/h11-13,20,23,26,28-29,33-36H,8-10,14-19,21H2,1-7H3/t23-,26+,28+,29?,31?,32-/m1/s1. The zero-order chi connectivity index (χ0) is 30.6. The summed E-state index contributed by atoms with van der Waals surface area (Å²) >= 11 is 0. The largest absolute Gasteiger partial charge is 0.508 e. The van der Waals surface area contributed by atoms with Crippen molar-refractivity contribution in [2.45, 2.75) is 117 Å². The van der Waals surface area contributed by atoms with Gasteiger partial charge in [-0.05, 0) is 118 Å². The first-order chi connectivity index (χ1) is 19.0. The van der Waals surface area contributed by atoms with Crippen molar-refractivity contribution in [1.82, 2.24) is 5.48 Å². The minimum atomic E-state index is -4.24. The van der Waals surface area contributed by atoms with E-state index in [4.69, 9.17) is 8.47 Å². The average molecular weight is 596 g/mol. The third-order valence-corrected chi connectivity index (χ3v) is 11.1. The molecule has 0 spiro atoms. The summed E-state index contributed by atoms with van der Waals surface area (Å²) in [6, 6.07) is 4.40. The third kappa shape index (κ3) is 8.69. The lowest BCUT2D eigenvalue weighted by Crippen LogP contribution is -2.49. The van der Waals surface area contributed by atoms with Gasteiger partial charge in [0.1, 0.15) is 11.5 Å². The van der Waals surface area contributed by atoms with Crippen molar-refractivity contribution >= 4 is 10.4 Å². The maximum Gasteiger partial charge on any atom is 0.416 e. The van der Waals surface area contributed by atoms with Gasteiger partial charge < -0.3 is 15.3 Å². The summed E-state index contributed by atoms with van der Waals surface area (Å²) in [4.78, 5) is 0. The fourth-order valence-electron chi connectivity index (χ4n) is 7.76. The van der Waals surface area contributed by atoms with E-state index in [1.54, 1.807) is 6.92 Å². The predicted octanol–water partition coefficient (Wildman–Crippen LogP) is 6.56. The van der Waals surface area contributed by atoms with Gasteiger partial charge in [-0.3, -0.25) is 0 Å². The van der Waals surface area contributed by atoms with Crippen LogP contribution in [0.5, 0.6) is 11.5 Å². The van der Waals surface area contributed by atoms with E-state index in [0.717, 1.165) is 12.8 Å². The Morgan fingerprint density at radius 3 is 2.56 bits per heavy atom. The van der Waals surface area contributed by atoms with Crippen molar-refractivity contribution in [1.29, 1.82) is 0 Å². The highest BCUT2D eigenvalue weighted by atomic mass is 32.3. The van der Waals surface area contributed by atoms with Crippen molar-refractivity contribution in [3.63, 3.8) is 0 Å². The average Bonchev–Trinajstić information content (AvgIpc) is 2.85. The Hall–Kier alpha value is -1.65. The molecule has 1 aromatic carbocycles. The Balaban J connectivity index is 1.70. The maximum absolute atomic E-state index is 12.6. The lowest BCUT2D eigenvalue weighted by molar-refractivity contribution is -0.0527. The SMILES string of the molecule is CNOS(=O)(=O)O[C@@H](C[C@H]1C(C)=CCC2C(C)(C)CCC[C@@]21C)[C@H](C)CCCC(C)(O)CCc1cc(O)ccc1O. The van der Waals surface area contributed by atoms with Crippen LogP contribution in [0.4, 0.5) is 0 Å². The van der Waals surface area contributed by atoms with Gasteiger partial charge in [0.2, 0.25) is 0 Å². The van der Waals surface area contributed by atoms with Crippen LogP contribution in [0.15, 0.2) is 29.8 Å². The van der Waals surface area contributed by atoms with Crippen molar-refractivity contribution in [2.24, 2.45) is 28.6 Å². The first-order valence-corrected chi connectivity index (χ1v) is 16.5. The molecule has 0 amide bonds. The Kier molecular flexibility index (Phi) is 11.0. The number of hydrogen-bond acceptors (Lipinski definition) is 8. The van der Waals surface area contributed by atoms with Crippen LogP contribution in [0, 0.1) is 28.6 Å². The highest BCUT2D eigenvalue weighted by Crippen LogP contribution is 2.60. The molecule has 9 heteroatoms. The van der Waals surface area contributed by atoms with E-state index in [9.17, 15) is 23.7 Å². The molecule has 2 aliphatic rings. The van der Waals surface area contributed by atoms with Gasteiger partial charge in [-0.1, -0.05) is 52.2 Å². The molecule has 1 saturated carbocycles. The third-order valence-electron chi connectivity index (χ3n) is 10.2. The fraction of sp³-hybridized carbons (Fsp3) is 0.750. The lowest BCUT2D eigenvalue weighted by atomic mass is 9.48. The molecule has 2 aliphatic carbocycles. The molecule has 6 atom stereocenters. The van der Waals surface area contributed by atoms with E-state index in [0.29, 0.717) is 50.0 Å². The van der Waals surface area contributed by atoms with Gasteiger partial charge in [0.05, 0.1) is 11.7 Å². The van der Waals surface area contributed by atoms with Crippen LogP contribution < -0.4 is 5.48 Å². The van der Waals surface area contributed by atoms with Gasteiger partial charge in [0, 0.05) is 7.05 Å². The molecule has 0 radical (unpaired) electrons. The van der Waals surface area contributed by atoms with E-state index < -0.39 is 22.1 Å². The number of benzene rings is 1. The summed E-state index contributed by atoms with van der Waals surface area (Å²) in [7, 11) is -2.85. The molecule has 0 aromatic heterocycles. The molecule has 2 unspecified atom stereocenters. The van der Waals surface area contributed by atoms with E-state index in [2.05, 4.69) is 39.3 Å². The minimum absolute atomic E-state index is 0.0661. The number of hydrogen-bond donors (Lipinski definition) is 4. The zero-order valence-electron chi connectivity index (χ0n) is 26.1. The van der Waals surface area contributed by atoms with E-state index in [1.165, 1.54) is 43.7 Å². The summed E-state index contributed by atoms with van der Waals surface area (Å²) in [5.74, 6) is 0.816. The van der Waals surface area contributed by atoms with Crippen LogP contribution >= 0.6 is 0 Å². The molecule has 3 rings (SSSR count). The molecule has 8 nitrogen and oxygen atoms in total. The first-order valence-electron chi connectivity index (χ1n) is 15.2. The molecule has 1 aromatic rings. The number of aliphatic hydroxyl groups is 1. The highest BCUT2D eigenvalue weighted by molar-refractivity contribution is 7.81. The van der Waals surface area contributed by atoms with Gasteiger partial charge >= 0.3 is 10.4 Å². The van der Waals surface area contributed by atoms with Gasteiger partial charge in [-0.15, -0.1) is 0 Å². The van der Waals surface area contributed by atoms with Crippen molar-refractivity contribution in [3.05, 3.63) is 35.4 Å². The van der Waals surface area contributed by atoms with Crippen LogP contribution in [0.25, 0.3) is 0 Å². The highest BCUT2D eigenvalue weighted by Gasteiger charge is 2.52. The number of phenols is 2. The van der Waals surface area contributed by atoms with E-state index in [-0.39, 0.29) is 34.2 Å². The van der Waals surface area contributed by atoms with E-state index >= 15 is 0 Å². The van der Waals surface area contributed by atoms with Crippen molar-refractivity contribution in [3.8, 4) is 11.5 Å². The van der Waals surface area contributed by atoms with Crippen LogP contribution in [0.3, 0.4) is 0 Å². The number of allylic oxidation sites excluding steroid dienone is 2. The molecule has 0 saturated heterocycles. The topological polar surface area (TPSA) is 125 Å². The minimum Gasteiger partial charge on any atom is -0.508 e. The molecule has 41 heavy (non-hydrogen) atoms. The molecule has 4 N–H and O–H groups in total. The van der Waals surface area contributed by atoms with Crippen molar-refractivity contribution < 1.29 is 32.2 Å². The van der Waals surface area contributed by atoms with E-state index in [1.807, 2.05) is 6.92 Å². The number of phenolic OH excluding ortho intramolecular Hbond substituents is 2. The number of nitrogens with one attached hydrogen (secondary N) is 1. The molecule has 1 fully saturated rings. The summed E-state index contributed by atoms with van der Waals surface area (Å²) in [6.45, 7) is 13.1. The number of aryl methyl sites for hydroxylation is 1. The van der Waals surface area contributed by atoms with Crippen LogP contribution in [-0.2, 0) is 25.3 Å². The smallest absolute Gasteiger partial charge is 0.416 e. The van der Waals surface area contributed by atoms with Crippen molar-refractivity contribution in [2.75, 3.05) is 7.05 Å². The first kappa shape index (κ1) is 33.8. The van der Waals surface area contributed by atoms with Crippen LogP contribution in [-0.4, -0.2) is 42.5 Å². The molecule has 0 bridgehead atoms. The van der Waals surface area contributed by atoms with Crippen LogP contribution in [0.1, 0.15) is 105 Å². The lowest BCUT2D eigenvalue weighted by Gasteiger charge is -2.57. The second-order valence-electron chi connectivity index (χ2n) is 13.9. The van der Waals surface area contributed by atoms with Gasteiger partial charge in [0.25, 0.3) is 0 Å². The summed E-state index contributed by atoms with van der Waals surface area (Å²) in [5.41, 5.74) is 3.46. The Morgan fingerprint density at radius 2 is 1.88 bits per heavy atom. The second-order valence-corrected chi connectivity index (χ2v) is 15.1. The number of rotatable bonds is 14. The quantitative estimate of drug-likeness (QED) is 0.108. The summed E-state index contributed by atoms with van der Waals surface area (Å²) in [5, 5.41) is 30.8. The summed E-state index contributed by atoms with van der Waals surface area (Å²) in [6.07, 6.45) is 9.64. The summed E-state index contributed by atoms with van der Waals surface area (Å²) < 4.78 is 35.8. The molecule has 0 heterocycles. The predicted molar refractivity (Wildman–Crippen MR) is 161 cm³/mol. The molecular weight excluding hydrogens is 542 g/mol. The number of fused-ring (bicyclic) bond motifs is 1. The van der Waals surface area contributed by atoms with Crippen LogP contribution in [0.2, 0.25) is 0 Å². The fourth-order valence-corrected chi connectivity index (χ4v) is 8.57. The zero-order valence-corrected chi connectivity index (χ0v) is 26.9. The number of aromatic hydroxyl groups is 2. The normalized spacial score (nSPS) is 27.4. The number of hydroxylamine groups is 1.